The third-order valence-electron chi connectivity index (χ3n) is 3.82. The van der Waals surface area contributed by atoms with Gasteiger partial charge >= 0.3 is 0 Å². The molecule has 0 spiro atoms. The van der Waals surface area contributed by atoms with E-state index in [0.717, 1.165) is 6.42 Å². The molecule has 0 heterocycles. The van der Waals surface area contributed by atoms with Gasteiger partial charge in [0.2, 0.25) is 0 Å². The average molecular weight is 254 g/mol. The Kier molecular flexibility index (Phi) is 3.79. The van der Waals surface area contributed by atoms with Crippen LogP contribution in [-0.2, 0) is 16.0 Å². The van der Waals surface area contributed by atoms with E-state index in [2.05, 4.69) is 0 Å². The van der Waals surface area contributed by atoms with E-state index in [0.29, 0.717) is 28.7 Å². The molecule has 1 aliphatic carbocycles. The summed E-state index contributed by atoms with van der Waals surface area (Å²) < 4.78 is 0. The van der Waals surface area contributed by atoms with Gasteiger partial charge in [-0.2, -0.15) is 0 Å². The van der Waals surface area contributed by atoms with E-state index in [-0.39, 0.29) is 11.6 Å². The highest BCUT2D eigenvalue weighted by Crippen LogP contribution is 2.27. The number of Topliss-reactive ketones (excluding diaryl/α,β-unsaturated/α-hetero) is 2. The van der Waals surface area contributed by atoms with Crippen molar-refractivity contribution in [3.05, 3.63) is 58.2 Å². The van der Waals surface area contributed by atoms with Crippen LogP contribution >= 0.6 is 0 Å². The fourth-order valence-electron chi connectivity index (χ4n) is 2.37. The van der Waals surface area contributed by atoms with Gasteiger partial charge in [0.1, 0.15) is 0 Å². The molecule has 0 N–H and O–H groups in total. The quantitative estimate of drug-likeness (QED) is 0.774. The summed E-state index contributed by atoms with van der Waals surface area (Å²) in [5, 5.41) is 0. The van der Waals surface area contributed by atoms with Gasteiger partial charge in [-0.3, -0.25) is 9.59 Å². The summed E-state index contributed by atoms with van der Waals surface area (Å²) in [4.78, 5) is 24.3. The average Bonchev–Trinajstić information content (AvgIpc) is 2.44. The third-order valence-corrected chi connectivity index (χ3v) is 3.82. The Morgan fingerprint density at radius 3 is 1.95 bits per heavy atom. The van der Waals surface area contributed by atoms with Gasteiger partial charge in [-0.25, -0.2) is 0 Å². The lowest BCUT2D eigenvalue weighted by Gasteiger charge is -2.18. The van der Waals surface area contributed by atoms with Crippen LogP contribution in [0.25, 0.3) is 0 Å². The van der Waals surface area contributed by atoms with Crippen molar-refractivity contribution < 1.29 is 9.59 Å². The molecular weight excluding hydrogens is 236 g/mol. The van der Waals surface area contributed by atoms with Gasteiger partial charge in [-0.15, -0.1) is 0 Å². The highest BCUT2D eigenvalue weighted by atomic mass is 16.1. The molecule has 0 aromatic heterocycles. The van der Waals surface area contributed by atoms with Crippen molar-refractivity contribution in [2.75, 3.05) is 0 Å². The van der Waals surface area contributed by atoms with Crippen LogP contribution in [0, 0.1) is 0 Å². The molecule has 1 aromatic rings. The Morgan fingerprint density at radius 1 is 0.737 bits per heavy atom. The highest BCUT2D eigenvalue weighted by molar-refractivity contribution is 6.24. The summed E-state index contributed by atoms with van der Waals surface area (Å²) in [5.74, 6) is 0.0469. The molecule has 0 atom stereocenters. The Hall–Kier alpha value is -1.96. The molecule has 98 valence electrons. The summed E-state index contributed by atoms with van der Waals surface area (Å²) >= 11 is 0. The molecule has 1 aromatic carbocycles. The summed E-state index contributed by atoms with van der Waals surface area (Å²) in [6.45, 7) is 5.23. The van der Waals surface area contributed by atoms with E-state index < -0.39 is 0 Å². The number of hydrogen-bond acceptors (Lipinski definition) is 2. The SMILES string of the molecule is CC1=C(C)C(=O)C(CCc2ccccc2)=C(C)C1=O. The number of allylic oxidation sites excluding steroid dienone is 4. The molecule has 0 unspecified atom stereocenters. The van der Waals surface area contributed by atoms with E-state index >= 15 is 0 Å². The zero-order valence-corrected chi connectivity index (χ0v) is 11.6. The maximum absolute atomic E-state index is 12.2. The Bertz CT molecular complexity index is 589. The summed E-state index contributed by atoms with van der Waals surface area (Å²) in [5.41, 5.74) is 3.66. The maximum atomic E-state index is 12.2. The Balaban J connectivity index is 2.21. The van der Waals surface area contributed by atoms with Gasteiger partial charge in [0, 0.05) is 22.3 Å². The number of ketones is 2. The summed E-state index contributed by atoms with van der Waals surface area (Å²) in [7, 11) is 0. The number of benzene rings is 1. The van der Waals surface area contributed by atoms with Crippen molar-refractivity contribution in [3.8, 4) is 0 Å². The minimum atomic E-state index is 0.0140. The lowest BCUT2D eigenvalue weighted by molar-refractivity contribution is -0.116. The molecule has 0 saturated heterocycles. The number of aryl methyl sites for hydroxylation is 1. The third kappa shape index (κ3) is 2.58. The minimum absolute atomic E-state index is 0.0140. The van der Waals surface area contributed by atoms with Crippen molar-refractivity contribution in [3.63, 3.8) is 0 Å². The minimum Gasteiger partial charge on any atom is -0.289 e. The van der Waals surface area contributed by atoms with Gasteiger partial charge in [-0.05, 0) is 39.2 Å². The lowest BCUT2D eigenvalue weighted by Crippen LogP contribution is -2.21. The summed E-state index contributed by atoms with van der Waals surface area (Å²) in [6, 6.07) is 10.0. The Morgan fingerprint density at radius 2 is 1.32 bits per heavy atom. The molecule has 19 heavy (non-hydrogen) atoms. The van der Waals surface area contributed by atoms with Crippen LogP contribution in [-0.4, -0.2) is 11.6 Å². The first-order valence-electron chi connectivity index (χ1n) is 6.53. The van der Waals surface area contributed by atoms with Crippen LogP contribution in [0.2, 0.25) is 0 Å². The van der Waals surface area contributed by atoms with Gasteiger partial charge in [0.25, 0.3) is 0 Å². The highest BCUT2D eigenvalue weighted by Gasteiger charge is 2.27. The fourth-order valence-corrected chi connectivity index (χ4v) is 2.37. The molecular formula is C17H18O2. The molecule has 0 fully saturated rings. The van der Waals surface area contributed by atoms with Crippen molar-refractivity contribution in [1.82, 2.24) is 0 Å². The largest absolute Gasteiger partial charge is 0.289 e. The van der Waals surface area contributed by atoms with Crippen LogP contribution in [0.4, 0.5) is 0 Å². The predicted octanol–water partition coefficient (Wildman–Crippen LogP) is 3.42. The van der Waals surface area contributed by atoms with Crippen molar-refractivity contribution in [2.24, 2.45) is 0 Å². The van der Waals surface area contributed by atoms with Gasteiger partial charge in [-0.1, -0.05) is 30.3 Å². The van der Waals surface area contributed by atoms with Crippen LogP contribution in [0.1, 0.15) is 32.8 Å². The first-order chi connectivity index (χ1) is 9.02. The van der Waals surface area contributed by atoms with E-state index in [1.54, 1.807) is 20.8 Å². The second-order valence-corrected chi connectivity index (χ2v) is 5.00. The van der Waals surface area contributed by atoms with Crippen LogP contribution < -0.4 is 0 Å². The number of carbonyl (C=O) groups is 2. The smallest absolute Gasteiger partial charge is 0.185 e. The molecule has 0 saturated carbocycles. The first kappa shape index (κ1) is 13.5. The van der Waals surface area contributed by atoms with Crippen LogP contribution in [0.15, 0.2) is 52.6 Å². The molecule has 2 heteroatoms. The molecule has 0 bridgehead atoms. The molecule has 2 rings (SSSR count). The fraction of sp³-hybridized carbons (Fsp3) is 0.294. The van der Waals surface area contributed by atoms with E-state index in [9.17, 15) is 9.59 Å². The van der Waals surface area contributed by atoms with E-state index in [4.69, 9.17) is 0 Å². The molecule has 0 amide bonds. The van der Waals surface area contributed by atoms with Gasteiger partial charge in [0.05, 0.1) is 0 Å². The van der Waals surface area contributed by atoms with Crippen LogP contribution in [0.3, 0.4) is 0 Å². The molecule has 0 aliphatic heterocycles. The number of hydrogen-bond donors (Lipinski definition) is 0. The van der Waals surface area contributed by atoms with Gasteiger partial charge in [0.15, 0.2) is 11.6 Å². The van der Waals surface area contributed by atoms with Crippen molar-refractivity contribution in [1.29, 1.82) is 0 Å². The molecule has 1 aliphatic rings. The zero-order valence-electron chi connectivity index (χ0n) is 11.6. The standard InChI is InChI=1S/C17H18O2/c1-11-12(2)17(19)15(13(3)16(11)18)10-9-14-7-5-4-6-8-14/h4-8H,9-10H2,1-3H3. The van der Waals surface area contributed by atoms with Gasteiger partial charge < -0.3 is 0 Å². The summed E-state index contributed by atoms with van der Waals surface area (Å²) in [6.07, 6.45) is 1.42. The maximum Gasteiger partial charge on any atom is 0.185 e. The topological polar surface area (TPSA) is 34.1 Å². The first-order valence-corrected chi connectivity index (χ1v) is 6.53. The second-order valence-electron chi connectivity index (χ2n) is 5.00. The molecule has 2 nitrogen and oxygen atoms in total. The number of rotatable bonds is 3. The van der Waals surface area contributed by atoms with E-state index in [1.165, 1.54) is 5.56 Å². The Labute approximate surface area is 113 Å². The molecule has 0 radical (unpaired) electrons. The predicted molar refractivity (Wildman–Crippen MR) is 75.9 cm³/mol. The normalized spacial score (nSPS) is 16.4. The monoisotopic (exact) mass is 254 g/mol. The number of carbonyl (C=O) groups excluding carboxylic acids is 2. The van der Waals surface area contributed by atoms with Crippen molar-refractivity contribution >= 4 is 11.6 Å². The second kappa shape index (κ2) is 5.35. The van der Waals surface area contributed by atoms with Crippen molar-refractivity contribution in [2.45, 2.75) is 33.6 Å². The van der Waals surface area contributed by atoms with E-state index in [1.807, 2.05) is 30.3 Å². The lowest BCUT2D eigenvalue weighted by atomic mass is 9.83. The zero-order chi connectivity index (χ0) is 14.0. The van der Waals surface area contributed by atoms with Crippen LogP contribution in [0.5, 0.6) is 0 Å².